The lowest BCUT2D eigenvalue weighted by atomic mass is 9.94. The summed E-state index contributed by atoms with van der Waals surface area (Å²) in [5.74, 6) is 0. The molecule has 1 saturated carbocycles. The molecule has 1 saturated heterocycles. The van der Waals surface area contributed by atoms with E-state index in [0.29, 0.717) is 0 Å². The molecule has 0 atom stereocenters. The summed E-state index contributed by atoms with van der Waals surface area (Å²) >= 11 is 2.26. The van der Waals surface area contributed by atoms with Crippen molar-refractivity contribution in [2.75, 3.05) is 31.5 Å². The number of nitrogens with zero attached hydrogens (tertiary/aromatic N) is 2. The lowest BCUT2D eigenvalue weighted by Crippen LogP contribution is -2.53. The number of hydrogen-bond donors (Lipinski definition) is 1. The van der Waals surface area contributed by atoms with E-state index in [9.17, 15) is 4.79 Å². The molecule has 0 radical (unpaired) electrons. The SMILES string of the molecule is O=C(Nc1cccc(I)c1)N1CCN(C2CCCCC2)CC1. The maximum absolute atomic E-state index is 12.4. The van der Waals surface area contributed by atoms with Gasteiger partial charge in [0.2, 0.25) is 0 Å². The third-order valence-electron chi connectivity index (χ3n) is 4.77. The molecule has 0 unspecified atom stereocenters. The van der Waals surface area contributed by atoms with E-state index >= 15 is 0 Å². The first kappa shape index (κ1) is 16.1. The smallest absolute Gasteiger partial charge is 0.321 e. The molecule has 5 heteroatoms. The number of halogens is 1. The molecule has 3 rings (SSSR count). The van der Waals surface area contributed by atoms with Crippen LogP contribution in [0.3, 0.4) is 0 Å². The molecular weight excluding hydrogens is 389 g/mol. The molecule has 0 spiro atoms. The van der Waals surface area contributed by atoms with Crippen LogP contribution >= 0.6 is 22.6 Å². The summed E-state index contributed by atoms with van der Waals surface area (Å²) in [6.07, 6.45) is 6.83. The maximum Gasteiger partial charge on any atom is 0.321 e. The van der Waals surface area contributed by atoms with E-state index in [1.165, 1.54) is 32.1 Å². The van der Waals surface area contributed by atoms with Crippen molar-refractivity contribution in [3.63, 3.8) is 0 Å². The molecule has 2 aliphatic rings. The number of hydrogen-bond acceptors (Lipinski definition) is 2. The highest BCUT2D eigenvalue weighted by atomic mass is 127. The number of urea groups is 1. The number of amides is 2. The largest absolute Gasteiger partial charge is 0.322 e. The van der Waals surface area contributed by atoms with Crippen LogP contribution in [0.1, 0.15) is 32.1 Å². The quantitative estimate of drug-likeness (QED) is 0.750. The average Bonchev–Trinajstić information content (AvgIpc) is 2.56. The van der Waals surface area contributed by atoms with E-state index in [1.807, 2.05) is 29.2 Å². The third-order valence-corrected chi connectivity index (χ3v) is 5.44. The predicted molar refractivity (Wildman–Crippen MR) is 98.2 cm³/mol. The Bertz CT molecular complexity index is 508. The van der Waals surface area contributed by atoms with Gasteiger partial charge in [-0.1, -0.05) is 25.3 Å². The van der Waals surface area contributed by atoms with E-state index in [-0.39, 0.29) is 6.03 Å². The zero-order valence-electron chi connectivity index (χ0n) is 12.9. The van der Waals surface area contributed by atoms with Crippen LogP contribution in [-0.4, -0.2) is 48.1 Å². The van der Waals surface area contributed by atoms with Gasteiger partial charge < -0.3 is 10.2 Å². The number of carbonyl (C=O) groups excluding carboxylic acids is 1. The van der Waals surface area contributed by atoms with Crippen LogP contribution in [0, 0.1) is 3.57 Å². The van der Waals surface area contributed by atoms with Crippen LogP contribution in [-0.2, 0) is 0 Å². The summed E-state index contributed by atoms with van der Waals surface area (Å²) in [7, 11) is 0. The monoisotopic (exact) mass is 413 g/mol. The molecule has 1 aromatic carbocycles. The Morgan fingerprint density at radius 3 is 2.50 bits per heavy atom. The summed E-state index contributed by atoms with van der Waals surface area (Å²) < 4.78 is 1.14. The minimum atomic E-state index is 0.0327. The highest BCUT2D eigenvalue weighted by Gasteiger charge is 2.26. The van der Waals surface area contributed by atoms with Crippen LogP contribution in [0.5, 0.6) is 0 Å². The van der Waals surface area contributed by atoms with Gasteiger partial charge in [-0.05, 0) is 53.6 Å². The second-order valence-electron chi connectivity index (χ2n) is 6.26. The highest BCUT2D eigenvalue weighted by molar-refractivity contribution is 14.1. The molecule has 1 aliphatic heterocycles. The van der Waals surface area contributed by atoms with Gasteiger partial charge in [0.25, 0.3) is 0 Å². The van der Waals surface area contributed by atoms with E-state index in [2.05, 4.69) is 32.8 Å². The molecule has 4 nitrogen and oxygen atoms in total. The van der Waals surface area contributed by atoms with Gasteiger partial charge in [0.05, 0.1) is 0 Å². The van der Waals surface area contributed by atoms with Gasteiger partial charge in [-0.2, -0.15) is 0 Å². The van der Waals surface area contributed by atoms with Crippen molar-refractivity contribution in [1.82, 2.24) is 9.80 Å². The van der Waals surface area contributed by atoms with E-state index in [4.69, 9.17) is 0 Å². The predicted octanol–water partition coefficient (Wildman–Crippen LogP) is 3.77. The number of nitrogens with one attached hydrogen (secondary N) is 1. The van der Waals surface area contributed by atoms with Crippen LogP contribution in [0.2, 0.25) is 0 Å². The molecule has 0 aromatic heterocycles. The fraction of sp³-hybridized carbons (Fsp3) is 0.588. The van der Waals surface area contributed by atoms with Crippen molar-refractivity contribution in [2.24, 2.45) is 0 Å². The van der Waals surface area contributed by atoms with E-state index < -0.39 is 0 Å². The molecule has 22 heavy (non-hydrogen) atoms. The Hall–Kier alpha value is -0.820. The van der Waals surface area contributed by atoms with E-state index in [1.54, 1.807) is 0 Å². The minimum absolute atomic E-state index is 0.0327. The van der Waals surface area contributed by atoms with Crippen molar-refractivity contribution in [3.8, 4) is 0 Å². The number of benzene rings is 1. The van der Waals surface area contributed by atoms with Gasteiger partial charge >= 0.3 is 6.03 Å². The lowest BCUT2D eigenvalue weighted by Gasteiger charge is -2.40. The summed E-state index contributed by atoms with van der Waals surface area (Å²) in [5, 5.41) is 3.01. The zero-order valence-corrected chi connectivity index (χ0v) is 15.1. The molecule has 1 aromatic rings. The molecular formula is C17H24IN3O. The Balaban J connectivity index is 1.49. The Morgan fingerprint density at radius 2 is 1.82 bits per heavy atom. The zero-order chi connectivity index (χ0) is 15.4. The highest BCUT2D eigenvalue weighted by Crippen LogP contribution is 2.23. The van der Waals surface area contributed by atoms with Crippen LogP contribution in [0.15, 0.2) is 24.3 Å². The molecule has 1 aliphatic carbocycles. The molecule has 1 heterocycles. The molecule has 2 amide bonds. The first-order valence-electron chi connectivity index (χ1n) is 8.28. The summed E-state index contributed by atoms with van der Waals surface area (Å²) in [4.78, 5) is 16.9. The number of carbonyl (C=O) groups is 1. The van der Waals surface area contributed by atoms with Crippen molar-refractivity contribution in [1.29, 1.82) is 0 Å². The van der Waals surface area contributed by atoms with Crippen molar-refractivity contribution in [3.05, 3.63) is 27.8 Å². The van der Waals surface area contributed by atoms with Gasteiger partial charge in [-0.15, -0.1) is 0 Å². The Morgan fingerprint density at radius 1 is 1.09 bits per heavy atom. The van der Waals surface area contributed by atoms with Gasteiger partial charge in [-0.25, -0.2) is 4.79 Å². The normalized spacial score (nSPS) is 20.9. The summed E-state index contributed by atoms with van der Waals surface area (Å²) in [6.45, 7) is 3.72. The summed E-state index contributed by atoms with van der Waals surface area (Å²) in [5.41, 5.74) is 0.881. The molecule has 1 N–H and O–H groups in total. The van der Waals surface area contributed by atoms with E-state index in [0.717, 1.165) is 41.5 Å². The average molecular weight is 413 g/mol. The lowest BCUT2D eigenvalue weighted by molar-refractivity contribution is 0.0943. The van der Waals surface area contributed by atoms with Gasteiger partial charge in [0.15, 0.2) is 0 Å². The van der Waals surface area contributed by atoms with Gasteiger partial charge in [0, 0.05) is 41.5 Å². The Kier molecular flexibility index (Phi) is 5.57. The van der Waals surface area contributed by atoms with Crippen LogP contribution in [0.4, 0.5) is 10.5 Å². The molecule has 120 valence electrons. The third kappa shape index (κ3) is 4.13. The minimum Gasteiger partial charge on any atom is -0.322 e. The molecule has 2 fully saturated rings. The number of piperazine rings is 1. The van der Waals surface area contributed by atoms with Crippen molar-refractivity contribution < 1.29 is 4.79 Å². The summed E-state index contributed by atoms with van der Waals surface area (Å²) in [6, 6.07) is 8.73. The molecule has 0 bridgehead atoms. The number of anilines is 1. The Labute approximate surface area is 146 Å². The standard InChI is InChI=1S/C17H24IN3O/c18-14-5-4-6-15(13-14)19-17(22)21-11-9-20(10-12-21)16-7-2-1-3-8-16/h4-6,13,16H,1-3,7-12H2,(H,19,22). The van der Waals surface area contributed by atoms with Gasteiger partial charge in [-0.3, -0.25) is 4.90 Å². The van der Waals surface area contributed by atoms with Crippen molar-refractivity contribution >= 4 is 34.3 Å². The second kappa shape index (κ2) is 7.64. The fourth-order valence-corrected chi connectivity index (χ4v) is 4.05. The fourth-order valence-electron chi connectivity index (χ4n) is 3.51. The van der Waals surface area contributed by atoms with Gasteiger partial charge in [0.1, 0.15) is 0 Å². The first-order chi connectivity index (χ1) is 10.7. The second-order valence-corrected chi connectivity index (χ2v) is 7.50. The first-order valence-corrected chi connectivity index (χ1v) is 9.36. The van der Waals surface area contributed by atoms with Crippen LogP contribution < -0.4 is 5.32 Å². The number of rotatable bonds is 2. The van der Waals surface area contributed by atoms with Crippen molar-refractivity contribution in [2.45, 2.75) is 38.1 Å². The topological polar surface area (TPSA) is 35.6 Å². The maximum atomic E-state index is 12.4. The van der Waals surface area contributed by atoms with Crippen LogP contribution in [0.25, 0.3) is 0 Å².